The fourth-order valence-corrected chi connectivity index (χ4v) is 2.61. The number of anilines is 2. The van der Waals surface area contributed by atoms with Crippen LogP contribution in [0.15, 0.2) is 6.33 Å². The minimum absolute atomic E-state index is 0.119. The van der Waals surface area contributed by atoms with Crippen molar-refractivity contribution in [1.82, 2.24) is 19.9 Å². The Morgan fingerprint density at radius 1 is 1.43 bits per heavy atom. The van der Waals surface area contributed by atoms with E-state index in [4.69, 9.17) is 0 Å². The first-order valence-electron chi connectivity index (χ1n) is 7.66. The Kier molecular flexibility index (Phi) is 4.19. The van der Waals surface area contributed by atoms with Crippen molar-refractivity contribution >= 4 is 22.9 Å². The lowest BCUT2D eigenvalue weighted by Crippen LogP contribution is -2.42. The third kappa shape index (κ3) is 2.78. The van der Waals surface area contributed by atoms with Crippen molar-refractivity contribution in [3.05, 3.63) is 6.33 Å². The molecule has 0 saturated heterocycles. The molecule has 0 aliphatic heterocycles. The molecule has 0 amide bonds. The Morgan fingerprint density at radius 3 is 2.95 bits per heavy atom. The molecule has 3 N–H and O–H groups in total. The maximum absolute atomic E-state index is 9.37. The fourth-order valence-electron chi connectivity index (χ4n) is 2.61. The summed E-state index contributed by atoms with van der Waals surface area (Å²) in [4.78, 5) is 18.6. The highest BCUT2D eigenvalue weighted by atomic mass is 16.3. The summed E-state index contributed by atoms with van der Waals surface area (Å²) in [6.45, 7) is 3.64. The van der Waals surface area contributed by atoms with Crippen LogP contribution in [-0.2, 0) is 0 Å². The Balaban J connectivity index is 1.98. The second kappa shape index (κ2) is 6.26. The third-order valence-electron chi connectivity index (χ3n) is 3.93. The molecule has 2 aromatic heterocycles. The first kappa shape index (κ1) is 14.1. The van der Waals surface area contributed by atoms with Gasteiger partial charge in [-0.05, 0) is 25.7 Å². The molecule has 114 valence electrons. The number of nitrogens with zero attached hydrogens (tertiary/aromatic N) is 4. The predicted molar refractivity (Wildman–Crippen MR) is 82.5 cm³/mol. The van der Waals surface area contributed by atoms with Crippen molar-refractivity contribution in [1.29, 1.82) is 0 Å². The summed E-state index contributed by atoms with van der Waals surface area (Å²) >= 11 is 0. The fraction of sp³-hybridized carbons (Fsp3) is 0.643. The van der Waals surface area contributed by atoms with E-state index in [0.29, 0.717) is 24.2 Å². The third-order valence-corrected chi connectivity index (χ3v) is 3.93. The van der Waals surface area contributed by atoms with E-state index >= 15 is 0 Å². The van der Waals surface area contributed by atoms with Crippen LogP contribution in [0.25, 0.3) is 11.2 Å². The zero-order chi connectivity index (χ0) is 14.7. The number of aromatic nitrogens is 4. The van der Waals surface area contributed by atoms with Gasteiger partial charge < -0.3 is 20.3 Å². The summed E-state index contributed by atoms with van der Waals surface area (Å²) in [6.07, 6.45) is 6.20. The van der Waals surface area contributed by atoms with Crippen molar-refractivity contribution in [2.75, 3.05) is 29.9 Å². The number of H-pyrrole nitrogens is 1. The maximum Gasteiger partial charge on any atom is 0.226 e. The quantitative estimate of drug-likeness (QED) is 0.716. The van der Waals surface area contributed by atoms with Gasteiger partial charge in [0, 0.05) is 19.1 Å². The molecule has 0 unspecified atom stereocenters. The summed E-state index contributed by atoms with van der Waals surface area (Å²) in [6, 6.07) is 0.456. The smallest absolute Gasteiger partial charge is 0.226 e. The van der Waals surface area contributed by atoms with Gasteiger partial charge in [-0.3, -0.25) is 0 Å². The number of imidazole rings is 1. The molecule has 2 heterocycles. The lowest BCUT2D eigenvalue weighted by Gasteiger charge is -2.38. The van der Waals surface area contributed by atoms with Crippen LogP contribution in [0.5, 0.6) is 0 Å². The van der Waals surface area contributed by atoms with Gasteiger partial charge in [-0.15, -0.1) is 0 Å². The number of hydrogen-bond donors (Lipinski definition) is 3. The van der Waals surface area contributed by atoms with Gasteiger partial charge >= 0.3 is 0 Å². The van der Waals surface area contributed by atoms with E-state index in [-0.39, 0.29) is 6.61 Å². The largest absolute Gasteiger partial charge is 0.395 e. The number of fused-ring (bicyclic) bond motifs is 1. The molecule has 2 aromatic rings. The summed E-state index contributed by atoms with van der Waals surface area (Å²) < 4.78 is 0. The minimum atomic E-state index is 0.119. The van der Waals surface area contributed by atoms with Crippen LogP contribution in [-0.4, -0.2) is 50.8 Å². The Bertz CT molecular complexity index is 594. The molecule has 0 bridgehead atoms. The van der Waals surface area contributed by atoms with E-state index in [1.165, 1.54) is 6.42 Å². The molecule has 1 aliphatic carbocycles. The molecular weight excluding hydrogens is 268 g/mol. The van der Waals surface area contributed by atoms with Gasteiger partial charge in [0.05, 0.1) is 12.9 Å². The molecule has 21 heavy (non-hydrogen) atoms. The molecule has 7 heteroatoms. The highest BCUT2D eigenvalue weighted by Gasteiger charge is 2.28. The average molecular weight is 290 g/mol. The van der Waals surface area contributed by atoms with Gasteiger partial charge in [-0.2, -0.15) is 9.97 Å². The molecule has 1 saturated carbocycles. The summed E-state index contributed by atoms with van der Waals surface area (Å²) in [5.74, 6) is 1.45. The van der Waals surface area contributed by atoms with Gasteiger partial charge in [0.15, 0.2) is 11.5 Å². The molecular formula is C14H22N6O. The normalized spacial score (nSPS) is 15.1. The van der Waals surface area contributed by atoms with Crippen LogP contribution in [0.2, 0.25) is 0 Å². The van der Waals surface area contributed by atoms with E-state index in [2.05, 4.69) is 37.1 Å². The van der Waals surface area contributed by atoms with E-state index < -0.39 is 0 Å². The molecule has 0 spiro atoms. The van der Waals surface area contributed by atoms with Crippen LogP contribution in [0, 0.1) is 0 Å². The van der Waals surface area contributed by atoms with Gasteiger partial charge in [-0.1, -0.05) is 6.92 Å². The first-order valence-corrected chi connectivity index (χ1v) is 7.66. The Hall–Kier alpha value is -1.89. The highest BCUT2D eigenvalue weighted by Crippen LogP contribution is 2.31. The number of aliphatic hydroxyl groups excluding tert-OH is 1. The van der Waals surface area contributed by atoms with Crippen molar-refractivity contribution in [2.45, 2.75) is 38.6 Å². The molecule has 1 fully saturated rings. The second-order valence-electron chi connectivity index (χ2n) is 5.40. The van der Waals surface area contributed by atoms with E-state index in [9.17, 15) is 5.11 Å². The lowest BCUT2D eigenvalue weighted by molar-refractivity contribution is 0.283. The first-order chi connectivity index (χ1) is 10.3. The molecule has 7 nitrogen and oxygen atoms in total. The summed E-state index contributed by atoms with van der Waals surface area (Å²) in [5.41, 5.74) is 1.51. The number of hydrogen-bond acceptors (Lipinski definition) is 6. The summed E-state index contributed by atoms with van der Waals surface area (Å²) in [5, 5.41) is 12.6. The number of rotatable bonds is 7. The van der Waals surface area contributed by atoms with Crippen molar-refractivity contribution in [3.8, 4) is 0 Å². The van der Waals surface area contributed by atoms with E-state index in [0.717, 1.165) is 37.1 Å². The van der Waals surface area contributed by atoms with Crippen LogP contribution < -0.4 is 10.2 Å². The van der Waals surface area contributed by atoms with Gasteiger partial charge in [0.25, 0.3) is 0 Å². The minimum Gasteiger partial charge on any atom is -0.395 e. The molecule has 1 aliphatic rings. The van der Waals surface area contributed by atoms with Gasteiger partial charge in [0.2, 0.25) is 5.95 Å². The standard InChI is InChI=1S/C14H22N6O/c1-2-6-15-14-18-12-11(16-9-17-12)13(19-14)20(7-8-21)10-4-3-5-10/h9-10,21H,2-8H2,1H3,(H2,15,16,17,18,19). The number of aliphatic hydroxyl groups is 1. The van der Waals surface area contributed by atoms with Crippen molar-refractivity contribution in [3.63, 3.8) is 0 Å². The van der Waals surface area contributed by atoms with Crippen LogP contribution in [0.4, 0.5) is 11.8 Å². The monoisotopic (exact) mass is 290 g/mol. The van der Waals surface area contributed by atoms with Gasteiger partial charge in [-0.25, -0.2) is 4.98 Å². The summed E-state index contributed by atoms with van der Waals surface area (Å²) in [7, 11) is 0. The van der Waals surface area contributed by atoms with Crippen LogP contribution >= 0.6 is 0 Å². The van der Waals surface area contributed by atoms with Crippen molar-refractivity contribution in [2.24, 2.45) is 0 Å². The zero-order valence-corrected chi connectivity index (χ0v) is 12.3. The van der Waals surface area contributed by atoms with Crippen LogP contribution in [0.1, 0.15) is 32.6 Å². The zero-order valence-electron chi connectivity index (χ0n) is 12.3. The molecule has 3 rings (SSSR count). The maximum atomic E-state index is 9.37. The Morgan fingerprint density at radius 2 is 2.29 bits per heavy atom. The molecule has 0 radical (unpaired) electrons. The van der Waals surface area contributed by atoms with Gasteiger partial charge in [0.1, 0.15) is 5.52 Å². The second-order valence-corrected chi connectivity index (χ2v) is 5.40. The molecule has 0 atom stereocenters. The van der Waals surface area contributed by atoms with E-state index in [1.54, 1.807) is 6.33 Å². The predicted octanol–water partition coefficient (Wildman–Crippen LogP) is 1.53. The SMILES string of the molecule is CCCNc1nc(N(CCO)C2CCC2)c2[nH]cnc2n1. The lowest BCUT2D eigenvalue weighted by atomic mass is 9.91. The average Bonchev–Trinajstić information content (AvgIpc) is 2.90. The van der Waals surface area contributed by atoms with E-state index in [1.807, 2.05) is 0 Å². The number of nitrogens with one attached hydrogen (secondary N) is 2. The molecule has 0 aromatic carbocycles. The number of aromatic amines is 1. The Labute approximate surface area is 123 Å². The topological polar surface area (TPSA) is 90.0 Å². The highest BCUT2D eigenvalue weighted by molar-refractivity contribution is 5.84. The van der Waals surface area contributed by atoms with Crippen molar-refractivity contribution < 1.29 is 5.11 Å². The van der Waals surface area contributed by atoms with Crippen LogP contribution in [0.3, 0.4) is 0 Å².